The molecule has 0 aliphatic carbocycles. The van der Waals surface area contributed by atoms with Gasteiger partial charge in [0, 0.05) is 6.42 Å². The van der Waals surface area contributed by atoms with E-state index in [2.05, 4.69) is 43.5 Å². The van der Waals surface area contributed by atoms with Crippen LogP contribution < -0.4 is 5.32 Å². The van der Waals surface area contributed by atoms with Crippen molar-refractivity contribution < 1.29 is 89.4 Å². The average molecular weight is 1370 g/mol. The first-order valence-corrected chi connectivity index (χ1v) is 39.6. The molecule has 17 atom stereocenters. The van der Waals surface area contributed by atoms with E-state index in [4.69, 9.17) is 28.4 Å². The number of hydrogen-bond donors (Lipinski definition) is 12. The monoisotopic (exact) mass is 1370 g/mol. The molecule has 3 aliphatic rings. The van der Waals surface area contributed by atoms with Crippen molar-refractivity contribution in [2.75, 3.05) is 26.4 Å². The van der Waals surface area contributed by atoms with Crippen LogP contribution in [0.3, 0.4) is 0 Å². The Morgan fingerprint density at radius 3 is 1.06 bits per heavy atom. The molecule has 0 saturated carbocycles. The summed E-state index contributed by atoms with van der Waals surface area (Å²) in [5.74, 6) is -0.236. The quantitative estimate of drug-likeness (QED) is 0.0199. The second-order valence-electron chi connectivity index (χ2n) is 28.5. The fraction of sp³-hybridized carbons (Fsp3) is 0.935. The molecule has 1 amide bonds. The molecule has 0 spiro atoms. The van der Waals surface area contributed by atoms with Crippen molar-refractivity contribution in [3.05, 3.63) is 24.3 Å². The molecule has 3 aliphatic heterocycles. The standard InChI is InChI=1S/C77H145NO18/c1-3-5-7-9-11-13-15-17-19-21-23-25-26-27-28-29-30-31-32-33-34-35-37-39-41-43-45-47-49-51-53-55-65(83)78-60(61(82)54-52-50-48-46-44-42-40-38-36-24-22-20-18-16-14-12-10-8-6-4-2)59-91-75-71(89)68(86)73(63(57-80)93-75)96-77-72(90)69(87)74(64(58-81)94-77)95-76-70(88)67(85)66(84)62(56-79)92-76/h15,17,21,23,60-64,66-77,79-82,84-90H,3-14,16,18-20,22,24-59H2,1-2H3,(H,78,83)/b17-15-,23-21-. The molecule has 3 heterocycles. The minimum atomic E-state index is -1.97. The van der Waals surface area contributed by atoms with Gasteiger partial charge in [0.1, 0.15) is 73.2 Å². The largest absolute Gasteiger partial charge is 0.394 e. The molecule has 0 bridgehead atoms. The summed E-state index contributed by atoms with van der Waals surface area (Å²) in [6.45, 7) is 1.84. The van der Waals surface area contributed by atoms with Crippen molar-refractivity contribution >= 4 is 5.91 Å². The van der Waals surface area contributed by atoms with E-state index in [1.165, 1.54) is 244 Å². The van der Waals surface area contributed by atoms with E-state index in [1.807, 2.05) is 0 Å². The van der Waals surface area contributed by atoms with Crippen LogP contribution in [0.2, 0.25) is 0 Å². The molecule has 3 fully saturated rings. The summed E-state index contributed by atoms with van der Waals surface area (Å²) in [6, 6.07) is -0.886. The van der Waals surface area contributed by atoms with Gasteiger partial charge in [-0.15, -0.1) is 0 Å². The Bertz CT molecular complexity index is 1830. The van der Waals surface area contributed by atoms with Gasteiger partial charge in [0.2, 0.25) is 5.91 Å². The van der Waals surface area contributed by atoms with Crippen LogP contribution in [0.15, 0.2) is 24.3 Å². The van der Waals surface area contributed by atoms with Gasteiger partial charge >= 0.3 is 0 Å². The number of carbonyl (C=O) groups is 1. The van der Waals surface area contributed by atoms with E-state index in [9.17, 15) is 61.0 Å². The van der Waals surface area contributed by atoms with Gasteiger partial charge in [-0.05, 0) is 44.9 Å². The number of carbonyl (C=O) groups excluding carboxylic acids is 1. The Morgan fingerprint density at radius 2 is 0.688 bits per heavy atom. The lowest BCUT2D eigenvalue weighted by molar-refractivity contribution is -0.379. The molecule has 0 radical (unpaired) electrons. The van der Waals surface area contributed by atoms with Crippen molar-refractivity contribution in [1.29, 1.82) is 0 Å². The zero-order valence-corrected chi connectivity index (χ0v) is 60.4. The van der Waals surface area contributed by atoms with Gasteiger partial charge in [0.15, 0.2) is 18.9 Å². The number of aliphatic hydroxyl groups is 11. The zero-order valence-electron chi connectivity index (χ0n) is 60.4. The molecule has 0 aromatic carbocycles. The Morgan fingerprint density at radius 1 is 0.375 bits per heavy atom. The maximum absolute atomic E-state index is 13.5. The Kier molecular flexibility index (Phi) is 54.1. The molecule has 19 nitrogen and oxygen atoms in total. The van der Waals surface area contributed by atoms with Gasteiger partial charge in [-0.3, -0.25) is 4.79 Å². The maximum atomic E-state index is 13.5. The first-order chi connectivity index (χ1) is 46.8. The summed E-state index contributed by atoms with van der Waals surface area (Å²) in [7, 11) is 0. The van der Waals surface area contributed by atoms with Crippen molar-refractivity contribution in [1.82, 2.24) is 5.32 Å². The average Bonchev–Trinajstić information content (AvgIpc) is 0.786. The van der Waals surface area contributed by atoms with Crippen molar-refractivity contribution in [2.45, 2.75) is 433 Å². The molecule has 0 aromatic rings. The highest BCUT2D eigenvalue weighted by Gasteiger charge is 2.54. The van der Waals surface area contributed by atoms with E-state index in [0.29, 0.717) is 12.8 Å². The van der Waals surface area contributed by atoms with Gasteiger partial charge < -0.3 is 89.9 Å². The Hall–Kier alpha value is -1.73. The first-order valence-electron chi connectivity index (χ1n) is 39.6. The van der Waals surface area contributed by atoms with Gasteiger partial charge in [-0.2, -0.15) is 0 Å². The summed E-state index contributed by atoms with van der Waals surface area (Å²) in [5, 5.41) is 121. The second-order valence-corrected chi connectivity index (χ2v) is 28.5. The van der Waals surface area contributed by atoms with Crippen LogP contribution >= 0.6 is 0 Å². The molecule has 3 saturated heterocycles. The van der Waals surface area contributed by atoms with Crippen LogP contribution in [-0.4, -0.2) is 193 Å². The number of nitrogens with one attached hydrogen (secondary N) is 1. The number of hydrogen-bond acceptors (Lipinski definition) is 18. The molecule has 12 N–H and O–H groups in total. The molecule has 566 valence electrons. The van der Waals surface area contributed by atoms with Crippen molar-refractivity contribution in [2.24, 2.45) is 0 Å². The lowest BCUT2D eigenvalue weighted by Crippen LogP contribution is -2.66. The minimum Gasteiger partial charge on any atom is -0.394 e. The highest BCUT2D eigenvalue weighted by Crippen LogP contribution is 2.33. The second kappa shape index (κ2) is 58.7. The molecular weight excluding hydrogens is 1230 g/mol. The molecular formula is C77H145NO18. The number of unbranched alkanes of at least 4 members (excludes halogenated alkanes) is 43. The van der Waals surface area contributed by atoms with E-state index in [1.54, 1.807) is 0 Å². The SMILES string of the molecule is CCCCCCC/C=C\C/C=C\CCCCCCCCCCCCCCCCCCCCCC(=O)NC(COC1OC(CO)C(OC2OC(CO)C(OC3OC(CO)C(O)C(O)C3O)C(O)C2O)C(O)C1O)C(O)CCCCCCCCCCCCCCCCCCCCCC. The van der Waals surface area contributed by atoms with Gasteiger partial charge in [-0.25, -0.2) is 0 Å². The number of rotatable bonds is 63. The lowest BCUT2D eigenvalue weighted by Gasteiger charge is -2.48. The minimum absolute atomic E-state index is 0.236. The fourth-order valence-electron chi connectivity index (χ4n) is 13.6. The Labute approximate surface area is 581 Å². The third-order valence-corrected chi connectivity index (χ3v) is 20.0. The third kappa shape index (κ3) is 39.1. The summed E-state index contributed by atoms with van der Waals surface area (Å²) in [6.07, 6.45) is 42.6. The van der Waals surface area contributed by atoms with E-state index in [0.717, 1.165) is 51.4 Å². The van der Waals surface area contributed by atoms with Crippen molar-refractivity contribution in [3.8, 4) is 0 Å². The van der Waals surface area contributed by atoms with Crippen molar-refractivity contribution in [3.63, 3.8) is 0 Å². The van der Waals surface area contributed by atoms with Crippen LogP contribution in [0, 0.1) is 0 Å². The van der Waals surface area contributed by atoms with Crippen LogP contribution in [0.1, 0.15) is 328 Å². The number of allylic oxidation sites excluding steroid dienone is 4. The van der Waals surface area contributed by atoms with E-state index >= 15 is 0 Å². The molecule has 3 rings (SSSR count). The fourth-order valence-corrected chi connectivity index (χ4v) is 13.6. The summed E-state index contributed by atoms with van der Waals surface area (Å²) in [5.41, 5.74) is 0. The molecule has 19 heteroatoms. The van der Waals surface area contributed by atoms with Crippen LogP contribution in [0.4, 0.5) is 0 Å². The summed E-state index contributed by atoms with van der Waals surface area (Å²) < 4.78 is 34.5. The maximum Gasteiger partial charge on any atom is 0.220 e. The highest BCUT2D eigenvalue weighted by atomic mass is 16.8. The number of amides is 1. The number of aliphatic hydroxyl groups excluding tert-OH is 11. The summed E-state index contributed by atoms with van der Waals surface area (Å²) in [4.78, 5) is 13.5. The predicted molar refractivity (Wildman–Crippen MR) is 379 cm³/mol. The van der Waals surface area contributed by atoms with Crippen LogP contribution in [0.25, 0.3) is 0 Å². The topological polar surface area (TPSA) is 307 Å². The van der Waals surface area contributed by atoms with Gasteiger partial charge in [0.05, 0.1) is 38.6 Å². The van der Waals surface area contributed by atoms with Gasteiger partial charge in [0.25, 0.3) is 0 Å². The third-order valence-electron chi connectivity index (χ3n) is 20.0. The summed E-state index contributed by atoms with van der Waals surface area (Å²) >= 11 is 0. The van der Waals surface area contributed by atoms with E-state index in [-0.39, 0.29) is 18.9 Å². The highest BCUT2D eigenvalue weighted by molar-refractivity contribution is 5.76. The molecule has 96 heavy (non-hydrogen) atoms. The zero-order chi connectivity index (χ0) is 69.6. The molecule has 17 unspecified atom stereocenters. The normalized spacial score (nSPS) is 27.1. The lowest BCUT2D eigenvalue weighted by atomic mass is 9.96. The number of ether oxygens (including phenoxy) is 6. The smallest absolute Gasteiger partial charge is 0.220 e. The van der Waals surface area contributed by atoms with Crippen LogP contribution in [-0.2, 0) is 33.2 Å². The van der Waals surface area contributed by atoms with Gasteiger partial charge in [-0.1, -0.05) is 301 Å². The first kappa shape index (κ1) is 88.5. The molecule has 0 aromatic heterocycles. The van der Waals surface area contributed by atoms with Crippen LogP contribution in [0.5, 0.6) is 0 Å². The van der Waals surface area contributed by atoms with E-state index < -0.39 is 124 Å². The Balaban J connectivity index is 1.36. The predicted octanol–water partition coefficient (Wildman–Crippen LogP) is 12.6.